The number of benzene rings is 1. The second-order valence-corrected chi connectivity index (χ2v) is 3.97. The number of aliphatic hydroxyl groups excluding tert-OH is 2. The van der Waals surface area contributed by atoms with Gasteiger partial charge >= 0.3 is 0 Å². The first kappa shape index (κ1) is 14.1. The third-order valence-corrected chi connectivity index (χ3v) is 2.71. The molecule has 6 heteroatoms. The van der Waals surface area contributed by atoms with E-state index in [1.54, 1.807) is 0 Å². The molecule has 0 aromatic heterocycles. The average Bonchev–Trinajstić information content (AvgIpc) is 2.26. The van der Waals surface area contributed by atoms with Crippen molar-refractivity contribution in [2.24, 2.45) is 0 Å². The van der Waals surface area contributed by atoms with Crippen molar-refractivity contribution in [1.82, 2.24) is 0 Å². The van der Waals surface area contributed by atoms with E-state index in [9.17, 15) is 23.8 Å². The maximum Gasteiger partial charge on any atom is 0.162 e. The third kappa shape index (κ3) is 3.02. The number of aliphatic hydroxyl groups is 2. The fourth-order valence-corrected chi connectivity index (χ4v) is 1.57. The number of hydrogen-bond acceptors (Lipinski definition) is 4. The summed E-state index contributed by atoms with van der Waals surface area (Å²) >= 11 is 3.75. The van der Waals surface area contributed by atoms with Crippen LogP contribution in [0.25, 0.3) is 0 Å². The fraction of sp³-hybridized carbons (Fsp3) is 0.364. The molecule has 2 unspecified atom stereocenters. The van der Waals surface area contributed by atoms with E-state index >= 15 is 0 Å². The summed E-state index contributed by atoms with van der Waals surface area (Å²) in [6, 6.07) is 1.42. The molecule has 0 aliphatic rings. The molecule has 0 aliphatic heterocycles. The van der Waals surface area contributed by atoms with Crippen LogP contribution in [0.3, 0.4) is 0 Å². The average molecular weight is 262 g/mol. The van der Waals surface area contributed by atoms with Crippen molar-refractivity contribution >= 4 is 18.4 Å². The third-order valence-electron chi connectivity index (χ3n) is 2.34. The highest BCUT2D eigenvalue weighted by Crippen LogP contribution is 2.24. The van der Waals surface area contributed by atoms with Crippen LogP contribution in [-0.2, 0) is 0 Å². The molecule has 3 nitrogen and oxygen atoms in total. The SMILES string of the molecule is CC(=O)c1cc(C(O)C(O)CS)c(F)cc1F. The molecular weight excluding hydrogens is 250 g/mol. The Morgan fingerprint density at radius 1 is 1.35 bits per heavy atom. The highest BCUT2D eigenvalue weighted by Gasteiger charge is 2.23. The molecule has 17 heavy (non-hydrogen) atoms. The van der Waals surface area contributed by atoms with Gasteiger partial charge in [-0.1, -0.05) is 0 Å². The molecule has 94 valence electrons. The molecule has 0 fully saturated rings. The van der Waals surface area contributed by atoms with E-state index in [0.717, 1.165) is 13.0 Å². The van der Waals surface area contributed by atoms with Crippen LogP contribution in [0.15, 0.2) is 12.1 Å². The first-order chi connectivity index (χ1) is 7.88. The zero-order valence-electron chi connectivity index (χ0n) is 9.02. The van der Waals surface area contributed by atoms with Crippen molar-refractivity contribution in [2.75, 3.05) is 5.75 Å². The van der Waals surface area contributed by atoms with Gasteiger partial charge in [-0.05, 0) is 13.0 Å². The van der Waals surface area contributed by atoms with E-state index in [-0.39, 0.29) is 16.9 Å². The summed E-state index contributed by atoms with van der Waals surface area (Å²) in [7, 11) is 0. The van der Waals surface area contributed by atoms with Crippen LogP contribution in [0.1, 0.15) is 28.9 Å². The number of carbonyl (C=O) groups is 1. The molecule has 0 saturated carbocycles. The molecule has 0 bridgehead atoms. The minimum Gasteiger partial charge on any atom is -0.389 e. The van der Waals surface area contributed by atoms with E-state index in [1.807, 2.05) is 0 Å². The Kier molecular flexibility index (Phi) is 4.62. The summed E-state index contributed by atoms with van der Waals surface area (Å²) in [5.41, 5.74) is -0.648. The molecule has 2 N–H and O–H groups in total. The number of hydrogen-bond donors (Lipinski definition) is 3. The van der Waals surface area contributed by atoms with E-state index < -0.39 is 29.6 Å². The predicted octanol–water partition coefficient (Wildman–Crippen LogP) is 1.49. The normalized spacial score (nSPS) is 14.5. The molecule has 1 aromatic carbocycles. The lowest BCUT2D eigenvalue weighted by molar-refractivity contribution is 0.0313. The van der Waals surface area contributed by atoms with Gasteiger partial charge < -0.3 is 10.2 Å². The first-order valence-corrected chi connectivity index (χ1v) is 5.48. The number of ketones is 1. The topological polar surface area (TPSA) is 57.5 Å². The second-order valence-electron chi connectivity index (χ2n) is 3.60. The summed E-state index contributed by atoms with van der Waals surface area (Å²) in [5, 5.41) is 18.9. The van der Waals surface area contributed by atoms with E-state index in [2.05, 4.69) is 12.6 Å². The zero-order chi connectivity index (χ0) is 13.2. The number of carbonyl (C=O) groups excluding carboxylic acids is 1. The van der Waals surface area contributed by atoms with Gasteiger partial charge in [0.2, 0.25) is 0 Å². The molecule has 0 aliphatic carbocycles. The van der Waals surface area contributed by atoms with Crippen LogP contribution < -0.4 is 0 Å². The van der Waals surface area contributed by atoms with Gasteiger partial charge in [-0.25, -0.2) is 8.78 Å². The molecule has 1 aromatic rings. The molecule has 0 saturated heterocycles. The van der Waals surface area contributed by atoms with Gasteiger partial charge in [-0.3, -0.25) is 4.79 Å². The monoisotopic (exact) mass is 262 g/mol. The molecule has 0 amide bonds. The lowest BCUT2D eigenvalue weighted by Gasteiger charge is -2.17. The standard InChI is InChI=1S/C11H12F2O3S/c1-5(14)6-2-7(9(13)3-8(6)12)11(16)10(15)4-17/h2-3,10-11,15-17H,4H2,1H3. The van der Waals surface area contributed by atoms with Crippen LogP contribution in [0.2, 0.25) is 0 Å². The quantitative estimate of drug-likeness (QED) is 0.569. The smallest absolute Gasteiger partial charge is 0.162 e. The Hall–Kier alpha value is -0.980. The minimum atomic E-state index is -1.55. The van der Waals surface area contributed by atoms with Gasteiger partial charge in [-0.15, -0.1) is 0 Å². The maximum atomic E-state index is 13.4. The van der Waals surface area contributed by atoms with Crippen LogP contribution in [0, 0.1) is 11.6 Å². The summed E-state index contributed by atoms with van der Waals surface area (Å²) in [4.78, 5) is 11.1. The van der Waals surface area contributed by atoms with Gasteiger partial charge in [0.15, 0.2) is 5.78 Å². The largest absolute Gasteiger partial charge is 0.389 e. The number of thiol groups is 1. The molecule has 0 heterocycles. The van der Waals surface area contributed by atoms with Crippen molar-refractivity contribution < 1.29 is 23.8 Å². The van der Waals surface area contributed by atoms with Crippen molar-refractivity contribution in [3.8, 4) is 0 Å². The van der Waals surface area contributed by atoms with Gasteiger partial charge in [-0.2, -0.15) is 12.6 Å². The predicted molar refractivity (Wildman–Crippen MR) is 61.2 cm³/mol. The van der Waals surface area contributed by atoms with E-state index in [1.165, 1.54) is 0 Å². The van der Waals surface area contributed by atoms with E-state index in [4.69, 9.17) is 0 Å². The molecule has 2 atom stereocenters. The Morgan fingerprint density at radius 3 is 2.41 bits per heavy atom. The van der Waals surface area contributed by atoms with Crippen LogP contribution in [0.5, 0.6) is 0 Å². The summed E-state index contributed by atoms with van der Waals surface area (Å²) in [6.07, 6.45) is -2.84. The maximum absolute atomic E-state index is 13.4. The van der Waals surface area contributed by atoms with E-state index in [0.29, 0.717) is 6.07 Å². The highest BCUT2D eigenvalue weighted by molar-refractivity contribution is 7.80. The highest BCUT2D eigenvalue weighted by atomic mass is 32.1. The Bertz CT molecular complexity index is 437. The van der Waals surface area contributed by atoms with Crippen LogP contribution in [0.4, 0.5) is 8.78 Å². The lowest BCUT2D eigenvalue weighted by atomic mass is 10.00. The fourth-order valence-electron chi connectivity index (χ4n) is 1.37. The van der Waals surface area contributed by atoms with Gasteiger partial charge in [0.05, 0.1) is 11.7 Å². The van der Waals surface area contributed by atoms with Crippen molar-refractivity contribution in [3.05, 3.63) is 34.9 Å². The van der Waals surface area contributed by atoms with Gasteiger partial charge in [0, 0.05) is 17.4 Å². The number of rotatable bonds is 4. The molecular formula is C11H12F2O3S. The Morgan fingerprint density at radius 2 is 1.94 bits per heavy atom. The summed E-state index contributed by atoms with van der Waals surface area (Å²) in [5.74, 6) is -2.68. The molecule has 0 radical (unpaired) electrons. The zero-order valence-corrected chi connectivity index (χ0v) is 9.92. The summed E-state index contributed by atoms with van der Waals surface area (Å²) in [6.45, 7) is 1.13. The van der Waals surface area contributed by atoms with Crippen LogP contribution >= 0.6 is 12.6 Å². The first-order valence-electron chi connectivity index (χ1n) is 4.85. The van der Waals surface area contributed by atoms with Gasteiger partial charge in [0.25, 0.3) is 0 Å². The number of halogens is 2. The summed E-state index contributed by atoms with van der Waals surface area (Å²) < 4.78 is 26.6. The Labute approximate surface area is 102 Å². The molecule has 1 rings (SSSR count). The van der Waals surface area contributed by atoms with Crippen LogP contribution in [-0.4, -0.2) is 27.9 Å². The minimum absolute atomic E-state index is 0.0899. The second kappa shape index (κ2) is 5.57. The van der Waals surface area contributed by atoms with Crippen molar-refractivity contribution in [2.45, 2.75) is 19.1 Å². The van der Waals surface area contributed by atoms with Crippen molar-refractivity contribution in [3.63, 3.8) is 0 Å². The van der Waals surface area contributed by atoms with Crippen molar-refractivity contribution in [1.29, 1.82) is 0 Å². The number of Topliss-reactive ketones (excluding diaryl/α,β-unsaturated/α-hetero) is 1. The Balaban J connectivity index is 3.24. The lowest BCUT2D eigenvalue weighted by Crippen LogP contribution is -2.21. The molecule has 0 spiro atoms. The van der Waals surface area contributed by atoms with Gasteiger partial charge in [0.1, 0.15) is 17.7 Å².